The summed E-state index contributed by atoms with van der Waals surface area (Å²) < 4.78 is 0. The minimum Gasteiger partial charge on any atom is -0.507 e. The van der Waals surface area contributed by atoms with E-state index in [1.165, 1.54) is 25.1 Å². The van der Waals surface area contributed by atoms with E-state index in [0.717, 1.165) is 0 Å². The molecule has 0 aliphatic heterocycles. The van der Waals surface area contributed by atoms with Crippen LogP contribution in [0.4, 0.5) is 0 Å². The summed E-state index contributed by atoms with van der Waals surface area (Å²) in [6, 6.07) is 3.09. The first-order valence-electron chi connectivity index (χ1n) is 10.8. The van der Waals surface area contributed by atoms with Gasteiger partial charge in [0.15, 0.2) is 34.7 Å². The van der Waals surface area contributed by atoms with Gasteiger partial charge >= 0.3 is 0 Å². The molecular formula is C23H26N2O8. The normalized spacial score (nSPS) is 38.1. The minimum absolute atomic E-state index is 0.0943. The molecule has 0 heterocycles. The standard InChI is InChI=1S/C23H26N2O8/c1-4-8-9-6-5-7-10(26)11(9)17(27)13-12(8)18(28)15-16(25(2)3)19(29)14(22(24)32)21(31)23(15,33)20(13)30/h5-8,12-16,18,26,28,33H,4H2,1-3H3,(H2,24,32)/t8-,12-,13?,14?,15-,16+,18+,23+/m1/s1. The number of Topliss-reactive ketones (excluding diaryl/α,β-unsaturated/α-hetero) is 4. The van der Waals surface area contributed by atoms with Crippen molar-refractivity contribution in [2.24, 2.45) is 29.4 Å². The zero-order valence-corrected chi connectivity index (χ0v) is 18.4. The first-order chi connectivity index (χ1) is 15.4. The summed E-state index contributed by atoms with van der Waals surface area (Å²) in [5.74, 6) is -12.9. The SMILES string of the molecule is CC[C@@H]1c2cccc(O)c2C(=O)C2C(=O)[C@]3(O)C(=O)C(C(N)=O)C(=O)[C@@H](N(C)C)[C@@H]3[C@@H](O)[C@@H]21. The highest BCUT2D eigenvalue weighted by Crippen LogP contribution is 2.55. The van der Waals surface area contributed by atoms with Crippen molar-refractivity contribution in [1.29, 1.82) is 0 Å². The molecule has 1 amide bonds. The average Bonchev–Trinajstić information content (AvgIpc) is 2.73. The molecule has 10 heteroatoms. The van der Waals surface area contributed by atoms with Crippen LogP contribution in [0.25, 0.3) is 0 Å². The van der Waals surface area contributed by atoms with Crippen LogP contribution in [-0.2, 0) is 19.2 Å². The lowest BCUT2D eigenvalue weighted by Crippen LogP contribution is -2.77. The Morgan fingerprint density at radius 1 is 1.15 bits per heavy atom. The van der Waals surface area contributed by atoms with Crippen LogP contribution in [0.3, 0.4) is 0 Å². The molecule has 0 radical (unpaired) electrons. The second kappa shape index (κ2) is 7.54. The second-order valence-corrected chi connectivity index (χ2v) is 9.33. The van der Waals surface area contributed by atoms with E-state index in [4.69, 9.17) is 5.73 Å². The smallest absolute Gasteiger partial charge is 0.235 e. The van der Waals surface area contributed by atoms with Crippen LogP contribution in [-0.4, -0.2) is 81.1 Å². The molecule has 0 bridgehead atoms. The number of aliphatic hydroxyl groups is 2. The summed E-state index contributed by atoms with van der Waals surface area (Å²) in [7, 11) is 2.91. The molecule has 3 aliphatic carbocycles. The van der Waals surface area contributed by atoms with E-state index in [1.54, 1.807) is 19.1 Å². The third-order valence-electron chi connectivity index (χ3n) is 7.59. The number of phenols is 1. The molecule has 3 aliphatic rings. The Kier molecular flexibility index (Phi) is 5.31. The number of fused-ring (bicyclic) bond motifs is 3. The van der Waals surface area contributed by atoms with Crippen molar-refractivity contribution in [3.63, 3.8) is 0 Å². The Labute approximate surface area is 189 Å². The number of phenolic OH excluding ortho intramolecular Hbond substituents is 1. The minimum atomic E-state index is -2.97. The number of carbonyl (C=O) groups is 5. The number of likely N-dealkylation sites (N-methyl/N-ethyl adjacent to an activating group) is 1. The van der Waals surface area contributed by atoms with E-state index in [9.17, 15) is 39.3 Å². The summed E-state index contributed by atoms with van der Waals surface area (Å²) in [6.45, 7) is 1.78. The fraction of sp³-hybridized carbons (Fsp3) is 0.522. The van der Waals surface area contributed by atoms with Crippen LogP contribution in [0.5, 0.6) is 5.75 Å². The average molecular weight is 458 g/mol. The molecule has 0 spiro atoms. The lowest BCUT2D eigenvalue weighted by atomic mass is 9.49. The van der Waals surface area contributed by atoms with Crippen LogP contribution >= 0.6 is 0 Å². The molecule has 176 valence electrons. The molecule has 8 atom stereocenters. The monoisotopic (exact) mass is 458 g/mol. The third-order valence-corrected chi connectivity index (χ3v) is 7.59. The number of ketones is 4. The number of aromatic hydroxyl groups is 1. The van der Waals surface area contributed by atoms with Crippen molar-refractivity contribution in [1.82, 2.24) is 4.90 Å². The summed E-state index contributed by atoms with van der Waals surface area (Å²) in [4.78, 5) is 66.8. The number of hydrogen-bond acceptors (Lipinski definition) is 9. The van der Waals surface area contributed by atoms with E-state index in [2.05, 4.69) is 0 Å². The van der Waals surface area contributed by atoms with Crippen molar-refractivity contribution in [2.45, 2.75) is 37.0 Å². The summed E-state index contributed by atoms with van der Waals surface area (Å²) >= 11 is 0. The predicted molar refractivity (Wildman–Crippen MR) is 112 cm³/mol. The number of benzene rings is 1. The highest BCUT2D eigenvalue weighted by atomic mass is 16.3. The molecule has 1 aromatic rings. The van der Waals surface area contributed by atoms with E-state index in [1.807, 2.05) is 0 Å². The number of aliphatic hydroxyl groups excluding tert-OH is 1. The zero-order valence-electron chi connectivity index (χ0n) is 18.4. The Morgan fingerprint density at radius 3 is 2.33 bits per heavy atom. The first-order valence-corrected chi connectivity index (χ1v) is 10.8. The molecule has 2 saturated carbocycles. The van der Waals surface area contributed by atoms with Crippen LogP contribution in [0.15, 0.2) is 18.2 Å². The Balaban J connectivity index is 1.98. The quantitative estimate of drug-likeness (QED) is 0.405. The van der Waals surface area contributed by atoms with Crippen molar-refractivity contribution >= 4 is 29.0 Å². The maximum Gasteiger partial charge on any atom is 0.235 e. The van der Waals surface area contributed by atoms with E-state index >= 15 is 0 Å². The van der Waals surface area contributed by atoms with Gasteiger partial charge in [0.2, 0.25) is 5.91 Å². The first kappa shape index (κ1) is 23.2. The van der Waals surface area contributed by atoms with Gasteiger partial charge in [-0.05, 0) is 38.1 Å². The molecule has 2 unspecified atom stereocenters. The molecule has 2 fully saturated rings. The molecule has 0 saturated heterocycles. The van der Waals surface area contributed by atoms with Crippen molar-refractivity contribution in [2.75, 3.05) is 14.1 Å². The number of nitrogens with two attached hydrogens (primary N) is 1. The Hall–Kier alpha value is -2.95. The predicted octanol–water partition coefficient (Wildman–Crippen LogP) is -1.21. The molecule has 1 aromatic carbocycles. The van der Waals surface area contributed by atoms with Gasteiger partial charge in [0.25, 0.3) is 0 Å². The van der Waals surface area contributed by atoms with E-state index < -0.39 is 76.4 Å². The van der Waals surface area contributed by atoms with Crippen LogP contribution in [0.1, 0.15) is 35.2 Å². The number of amides is 1. The van der Waals surface area contributed by atoms with Crippen LogP contribution in [0.2, 0.25) is 0 Å². The van der Waals surface area contributed by atoms with Crippen molar-refractivity contribution < 1.29 is 39.3 Å². The number of rotatable bonds is 3. The molecule has 4 rings (SSSR count). The third kappa shape index (κ3) is 2.81. The molecular weight excluding hydrogens is 432 g/mol. The van der Waals surface area contributed by atoms with Gasteiger partial charge in [0.1, 0.15) is 5.75 Å². The second-order valence-electron chi connectivity index (χ2n) is 9.33. The largest absolute Gasteiger partial charge is 0.507 e. The number of hydrogen-bond donors (Lipinski definition) is 4. The van der Waals surface area contributed by atoms with Gasteiger partial charge in [-0.1, -0.05) is 19.1 Å². The van der Waals surface area contributed by atoms with Crippen LogP contribution < -0.4 is 5.73 Å². The summed E-state index contributed by atoms with van der Waals surface area (Å²) in [5.41, 5.74) is 2.66. The Morgan fingerprint density at radius 2 is 1.79 bits per heavy atom. The number of nitrogens with zero attached hydrogens (tertiary/aromatic N) is 1. The van der Waals surface area contributed by atoms with Gasteiger partial charge in [0, 0.05) is 5.92 Å². The van der Waals surface area contributed by atoms with Gasteiger partial charge in [-0.25, -0.2) is 0 Å². The van der Waals surface area contributed by atoms with E-state index in [-0.39, 0.29) is 11.3 Å². The van der Waals surface area contributed by atoms with Gasteiger partial charge in [0.05, 0.1) is 29.5 Å². The Bertz CT molecular complexity index is 1100. The molecule has 10 nitrogen and oxygen atoms in total. The van der Waals surface area contributed by atoms with Gasteiger partial charge in [-0.15, -0.1) is 0 Å². The van der Waals surface area contributed by atoms with Crippen LogP contribution in [0, 0.1) is 23.7 Å². The maximum absolute atomic E-state index is 13.7. The summed E-state index contributed by atoms with van der Waals surface area (Å²) in [6.07, 6.45) is -1.24. The lowest BCUT2D eigenvalue weighted by Gasteiger charge is -2.56. The maximum atomic E-state index is 13.7. The lowest BCUT2D eigenvalue weighted by molar-refractivity contribution is -0.197. The van der Waals surface area contributed by atoms with Crippen molar-refractivity contribution in [3.05, 3.63) is 29.3 Å². The van der Waals surface area contributed by atoms with Gasteiger partial charge < -0.3 is 21.1 Å². The van der Waals surface area contributed by atoms with E-state index in [0.29, 0.717) is 12.0 Å². The summed E-state index contributed by atoms with van der Waals surface area (Å²) in [5, 5.41) is 33.4. The molecule has 5 N–H and O–H groups in total. The fourth-order valence-corrected chi connectivity index (χ4v) is 6.26. The van der Waals surface area contributed by atoms with Gasteiger partial charge in [-0.3, -0.25) is 28.9 Å². The highest BCUT2D eigenvalue weighted by molar-refractivity contribution is 6.32. The fourth-order valence-electron chi connectivity index (χ4n) is 6.26. The topological polar surface area (TPSA) is 175 Å². The number of primary amides is 1. The van der Waals surface area contributed by atoms with Gasteiger partial charge in [-0.2, -0.15) is 0 Å². The molecule has 0 aromatic heterocycles. The zero-order chi connectivity index (χ0) is 24.6. The van der Waals surface area contributed by atoms with Crippen molar-refractivity contribution in [3.8, 4) is 5.75 Å². The number of carbonyl (C=O) groups excluding carboxylic acids is 5. The molecule has 33 heavy (non-hydrogen) atoms. The highest BCUT2D eigenvalue weighted by Gasteiger charge is 2.73.